The Morgan fingerprint density at radius 2 is 1.76 bits per heavy atom. The van der Waals surface area contributed by atoms with Gasteiger partial charge in [-0.15, -0.1) is 0 Å². The maximum atomic E-state index is 12.6. The van der Waals surface area contributed by atoms with Crippen molar-refractivity contribution >= 4 is 23.8 Å². The van der Waals surface area contributed by atoms with E-state index in [1.807, 2.05) is 21.1 Å². The summed E-state index contributed by atoms with van der Waals surface area (Å²) >= 11 is 0. The molecule has 0 aromatic heterocycles. The molecule has 9 heteroatoms. The lowest BCUT2D eigenvalue weighted by molar-refractivity contribution is -0.873. The number of ether oxygens (including phenoxy) is 2. The summed E-state index contributed by atoms with van der Waals surface area (Å²) in [6.45, 7) is 2.93. The number of likely N-dealkylation sites (tertiary alicyclic amines) is 1. The molecular weight excluding hydrogens is 332 g/mol. The fraction of sp³-hybridized carbons (Fsp3) is 0.750. The third kappa shape index (κ3) is 7.08. The number of rotatable bonds is 7. The number of carbonyl (C=O) groups is 4. The van der Waals surface area contributed by atoms with Crippen molar-refractivity contribution in [3.63, 3.8) is 0 Å². The van der Waals surface area contributed by atoms with Crippen molar-refractivity contribution in [3.8, 4) is 0 Å². The highest BCUT2D eigenvalue weighted by Gasteiger charge is 2.42. The van der Waals surface area contributed by atoms with Gasteiger partial charge in [0, 0.05) is 20.3 Å². The predicted molar refractivity (Wildman–Crippen MR) is 86.4 cm³/mol. The highest BCUT2D eigenvalue weighted by molar-refractivity contribution is 5.85. The van der Waals surface area contributed by atoms with Crippen LogP contribution in [0.5, 0.6) is 0 Å². The molecule has 1 saturated heterocycles. The Labute approximate surface area is 147 Å². The van der Waals surface area contributed by atoms with Crippen LogP contribution in [-0.2, 0) is 28.7 Å². The highest BCUT2D eigenvalue weighted by Crippen LogP contribution is 2.23. The zero-order chi connectivity index (χ0) is 19.4. The van der Waals surface area contributed by atoms with Crippen molar-refractivity contribution in [2.75, 3.05) is 34.2 Å². The van der Waals surface area contributed by atoms with Crippen LogP contribution in [0.25, 0.3) is 0 Å². The highest BCUT2D eigenvalue weighted by atomic mass is 16.5. The number of carbonyl (C=O) groups excluding carboxylic acids is 3. The van der Waals surface area contributed by atoms with Crippen LogP contribution in [0.15, 0.2) is 0 Å². The molecule has 1 fully saturated rings. The smallest absolute Gasteiger partial charge is 0.326 e. The first-order chi connectivity index (χ1) is 11.4. The van der Waals surface area contributed by atoms with Gasteiger partial charge in [-0.05, 0) is 0 Å². The summed E-state index contributed by atoms with van der Waals surface area (Å²) < 4.78 is 10.7. The Balaban J connectivity index is 2.84. The summed E-state index contributed by atoms with van der Waals surface area (Å²) in [6.07, 6.45) is -1.37. The third-order valence-electron chi connectivity index (χ3n) is 3.69. The first kappa shape index (κ1) is 20.9. The number of nitrogens with zero attached hydrogens (tertiary/aromatic N) is 2. The number of quaternary nitrogens is 1. The third-order valence-corrected chi connectivity index (χ3v) is 3.69. The zero-order valence-corrected chi connectivity index (χ0v) is 15.4. The fourth-order valence-electron chi connectivity index (χ4n) is 2.93. The first-order valence-electron chi connectivity index (χ1n) is 8.06. The number of hydrogen-bond acceptors (Lipinski definition) is 6. The van der Waals surface area contributed by atoms with E-state index in [2.05, 4.69) is 0 Å². The standard InChI is InChI=1S/C16H26N2O7/c1-10(19)24-12-6-14(16(22)23)17(8-12)15(21)7-13(25-11(2)20)9-18(3,4)5/h12-14H,6-9H2,1-5H3/p+1. The van der Waals surface area contributed by atoms with E-state index in [4.69, 9.17) is 9.47 Å². The van der Waals surface area contributed by atoms with E-state index in [1.165, 1.54) is 18.7 Å². The number of carboxylic acids is 1. The predicted octanol–water partition coefficient (Wildman–Crippen LogP) is -0.368. The van der Waals surface area contributed by atoms with Gasteiger partial charge in [0.1, 0.15) is 18.7 Å². The molecule has 0 spiro atoms. The number of esters is 2. The molecule has 1 heterocycles. The SMILES string of the molecule is CC(=O)OC1CC(C(=O)O)N(C(=O)CC(C[N+](C)(C)C)OC(C)=O)C1. The molecule has 9 nitrogen and oxygen atoms in total. The van der Waals surface area contributed by atoms with Crippen molar-refractivity contribution in [2.24, 2.45) is 0 Å². The molecule has 0 saturated carbocycles. The molecule has 3 atom stereocenters. The van der Waals surface area contributed by atoms with Gasteiger partial charge < -0.3 is 24.0 Å². The molecule has 1 aliphatic heterocycles. The van der Waals surface area contributed by atoms with Gasteiger partial charge in [0.25, 0.3) is 0 Å². The Hall–Kier alpha value is -2.16. The van der Waals surface area contributed by atoms with Crippen LogP contribution in [0.1, 0.15) is 26.7 Å². The second-order valence-corrected chi connectivity index (χ2v) is 7.28. The number of carboxylic acid groups (broad SMARTS) is 1. The number of aliphatic carboxylic acids is 1. The summed E-state index contributed by atoms with van der Waals surface area (Å²) in [6, 6.07) is -1.06. The Bertz CT molecular complexity index is 541. The molecule has 1 rings (SSSR count). The number of likely N-dealkylation sites (N-methyl/N-ethyl adjacent to an activating group) is 1. The van der Waals surface area contributed by atoms with Gasteiger partial charge in [-0.2, -0.15) is 0 Å². The van der Waals surface area contributed by atoms with E-state index >= 15 is 0 Å². The topological polar surface area (TPSA) is 110 Å². The number of hydrogen-bond donors (Lipinski definition) is 1. The minimum absolute atomic E-state index is 0.0204. The summed E-state index contributed by atoms with van der Waals surface area (Å²) in [5.41, 5.74) is 0. The molecule has 142 valence electrons. The van der Waals surface area contributed by atoms with Crippen LogP contribution in [0.3, 0.4) is 0 Å². The average Bonchev–Trinajstić information content (AvgIpc) is 2.78. The summed E-state index contributed by atoms with van der Waals surface area (Å²) in [4.78, 5) is 47.6. The monoisotopic (exact) mass is 359 g/mol. The van der Waals surface area contributed by atoms with Crippen molar-refractivity contribution < 1.29 is 38.2 Å². The van der Waals surface area contributed by atoms with Crippen molar-refractivity contribution in [3.05, 3.63) is 0 Å². The molecule has 0 aliphatic carbocycles. The van der Waals surface area contributed by atoms with Crippen LogP contribution in [-0.4, -0.2) is 90.8 Å². The van der Waals surface area contributed by atoms with Crippen molar-refractivity contribution in [2.45, 2.75) is 44.9 Å². The lowest BCUT2D eigenvalue weighted by Gasteiger charge is -2.30. The summed E-state index contributed by atoms with van der Waals surface area (Å²) in [7, 11) is 5.69. The quantitative estimate of drug-likeness (QED) is 0.488. The Morgan fingerprint density at radius 3 is 2.20 bits per heavy atom. The minimum atomic E-state index is -1.15. The molecule has 1 amide bonds. The maximum Gasteiger partial charge on any atom is 0.326 e. The van der Waals surface area contributed by atoms with Crippen LogP contribution < -0.4 is 0 Å². The zero-order valence-electron chi connectivity index (χ0n) is 15.4. The van der Waals surface area contributed by atoms with E-state index in [1.54, 1.807) is 0 Å². The van der Waals surface area contributed by atoms with Gasteiger partial charge in [-0.3, -0.25) is 14.4 Å². The Morgan fingerprint density at radius 1 is 1.16 bits per heavy atom. The minimum Gasteiger partial charge on any atom is -0.480 e. The molecule has 3 unspecified atom stereocenters. The fourth-order valence-corrected chi connectivity index (χ4v) is 2.93. The molecular formula is C16H27N2O7+. The first-order valence-corrected chi connectivity index (χ1v) is 8.06. The largest absolute Gasteiger partial charge is 0.480 e. The summed E-state index contributed by atoms with van der Waals surface area (Å²) in [5, 5.41) is 9.33. The van der Waals surface area contributed by atoms with Gasteiger partial charge in [-0.1, -0.05) is 0 Å². The molecule has 0 bridgehead atoms. The molecule has 1 N–H and O–H groups in total. The normalized spacial score (nSPS) is 21.6. The average molecular weight is 359 g/mol. The molecule has 25 heavy (non-hydrogen) atoms. The van der Waals surface area contributed by atoms with Gasteiger partial charge in [0.2, 0.25) is 5.91 Å². The lowest BCUT2D eigenvalue weighted by Crippen LogP contribution is -2.47. The van der Waals surface area contributed by atoms with Gasteiger partial charge in [0.05, 0.1) is 34.1 Å². The van der Waals surface area contributed by atoms with Crippen LogP contribution in [0, 0.1) is 0 Å². The van der Waals surface area contributed by atoms with E-state index in [-0.39, 0.29) is 19.4 Å². The van der Waals surface area contributed by atoms with Crippen LogP contribution in [0.4, 0.5) is 0 Å². The van der Waals surface area contributed by atoms with E-state index in [9.17, 15) is 24.3 Å². The Kier molecular flexibility index (Phi) is 6.92. The molecule has 0 radical (unpaired) electrons. The van der Waals surface area contributed by atoms with E-state index in [0.29, 0.717) is 11.0 Å². The van der Waals surface area contributed by atoms with Crippen molar-refractivity contribution in [1.29, 1.82) is 0 Å². The second-order valence-electron chi connectivity index (χ2n) is 7.28. The molecule has 0 aromatic carbocycles. The molecule has 0 aromatic rings. The van der Waals surface area contributed by atoms with Gasteiger partial charge in [-0.25, -0.2) is 4.79 Å². The van der Waals surface area contributed by atoms with Crippen molar-refractivity contribution in [1.82, 2.24) is 4.90 Å². The van der Waals surface area contributed by atoms with E-state index in [0.717, 1.165) is 0 Å². The summed E-state index contributed by atoms with van der Waals surface area (Å²) in [5.74, 6) is -2.62. The van der Waals surface area contributed by atoms with Crippen LogP contribution >= 0.6 is 0 Å². The van der Waals surface area contributed by atoms with E-state index < -0.39 is 42.1 Å². The van der Waals surface area contributed by atoms with Crippen LogP contribution in [0.2, 0.25) is 0 Å². The number of amides is 1. The maximum absolute atomic E-state index is 12.6. The van der Waals surface area contributed by atoms with Gasteiger partial charge >= 0.3 is 17.9 Å². The van der Waals surface area contributed by atoms with Gasteiger partial charge in [0.15, 0.2) is 6.10 Å². The molecule has 1 aliphatic rings. The lowest BCUT2D eigenvalue weighted by atomic mass is 10.1. The second kappa shape index (κ2) is 8.28.